The predicted molar refractivity (Wildman–Crippen MR) is 190 cm³/mol. The molecule has 1 aliphatic rings. The first-order valence-electron chi connectivity index (χ1n) is 16.1. The molecular weight excluding hydrogens is 653 g/mol. The van der Waals surface area contributed by atoms with Crippen LogP contribution in [0, 0.1) is 0 Å². The molecule has 252 valence electrons. The number of amides is 2. The number of urea groups is 1. The van der Waals surface area contributed by atoms with Crippen LogP contribution in [0.25, 0.3) is 5.69 Å². The first-order chi connectivity index (χ1) is 24.6. The third kappa shape index (κ3) is 8.36. The van der Waals surface area contributed by atoms with Crippen molar-refractivity contribution in [2.24, 2.45) is 0 Å². The minimum absolute atomic E-state index is 0.0334. The van der Waals surface area contributed by atoms with Crippen molar-refractivity contribution in [2.75, 3.05) is 16.4 Å². The fraction of sp³-hybridized carbons (Fsp3) is 0.158. The lowest BCUT2D eigenvalue weighted by atomic mass is 10.0. The number of hydrogen-bond donors (Lipinski definition) is 3. The average molecular weight is 687 g/mol. The summed E-state index contributed by atoms with van der Waals surface area (Å²) in [5.74, 6) is 1.97. The Morgan fingerprint density at radius 3 is 2.28 bits per heavy atom. The highest BCUT2D eigenvalue weighted by atomic mass is 32.2. The molecule has 0 bridgehead atoms. The van der Waals surface area contributed by atoms with Crippen LogP contribution >= 0.6 is 11.8 Å². The number of ether oxygens (including phenoxy) is 3. The van der Waals surface area contributed by atoms with Gasteiger partial charge in [-0.3, -0.25) is 0 Å². The summed E-state index contributed by atoms with van der Waals surface area (Å²) in [4.78, 5) is 13.0. The first-order valence-corrected chi connectivity index (χ1v) is 17.1. The number of tetrazole rings is 1. The molecule has 0 radical (unpaired) electrons. The summed E-state index contributed by atoms with van der Waals surface area (Å²) >= 11 is 1.51. The van der Waals surface area contributed by atoms with Crippen LogP contribution in [-0.4, -0.2) is 43.2 Å². The summed E-state index contributed by atoms with van der Waals surface area (Å²) in [5, 5.41) is 28.3. The molecule has 3 N–H and O–H groups in total. The SMILES string of the molecule is O=C(Nc1ccc(Oc2ccccc2)cc1)Nc1cccc(C2OC(CSc3nnnn3-c3ccccc3)CC(c3ccc(CO)cc3)O2)c1. The second kappa shape index (κ2) is 15.8. The largest absolute Gasteiger partial charge is 0.457 e. The van der Waals surface area contributed by atoms with E-state index in [4.69, 9.17) is 14.2 Å². The van der Waals surface area contributed by atoms with E-state index in [0.717, 1.165) is 28.1 Å². The zero-order valence-electron chi connectivity index (χ0n) is 26.8. The Hall–Kier alpha value is -5.53. The molecule has 11 nitrogen and oxygen atoms in total. The van der Waals surface area contributed by atoms with Crippen LogP contribution in [0.3, 0.4) is 0 Å². The van der Waals surface area contributed by atoms with Crippen LogP contribution in [0.1, 0.15) is 35.5 Å². The fourth-order valence-electron chi connectivity index (χ4n) is 5.48. The van der Waals surface area contributed by atoms with E-state index in [2.05, 4.69) is 26.2 Å². The highest BCUT2D eigenvalue weighted by molar-refractivity contribution is 7.99. The second-order valence-electron chi connectivity index (χ2n) is 11.5. The molecular formula is C38H34N6O5S. The van der Waals surface area contributed by atoms with Crippen molar-refractivity contribution in [3.63, 3.8) is 0 Å². The van der Waals surface area contributed by atoms with Gasteiger partial charge in [0.2, 0.25) is 5.16 Å². The zero-order chi connectivity index (χ0) is 34.1. The van der Waals surface area contributed by atoms with Gasteiger partial charge in [0.15, 0.2) is 6.29 Å². The van der Waals surface area contributed by atoms with E-state index < -0.39 is 12.3 Å². The van der Waals surface area contributed by atoms with Crippen molar-refractivity contribution >= 4 is 29.2 Å². The van der Waals surface area contributed by atoms with Crippen molar-refractivity contribution in [1.82, 2.24) is 20.2 Å². The van der Waals surface area contributed by atoms with Crippen molar-refractivity contribution in [3.05, 3.63) is 150 Å². The minimum Gasteiger partial charge on any atom is -0.457 e. The molecule has 3 unspecified atom stereocenters. The van der Waals surface area contributed by atoms with Gasteiger partial charge in [-0.05, 0) is 82.2 Å². The first kappa shape index (κ1) is 33.0. The van der Waals surface area contributed by atoms with E-state index in [0.29, 0.717) is 34.5 Å². The molecule has 0 spiro atoms. The molecule has 0 aliphatic carbocycles. The van der Waals surface area contributed by atoms with Crippen LogP contribution in [0.4, 0.5) is 16.2 Å². The number of nitrogens with one attached hydrogen (secondary N) is 2. The van der Waals surface area contributed by atoms with Gasteiger partial charge in [-0.1, -0.05) is 84.6 Å². The minimum atomic E-state index is -0.705. The normalized spacial score (nSPS) is 17.2. The number of thioether (sulfide) groups is 1. The van der Waals surface area contributed by atoms with Gasteiger partial charge in [-0.25, -0.2) is 4.79 Å². The maximum absolute atomic E-state index is 13.0. The standard InChI is InChI=1S/C38H34N6O5S/c45-24-26-14-16-27(17-15-26)35-23-34(25-50-38-41-42-43-44(38)31-10-3-1-4-11-31)48-36(49-35)28-8-7-9-30(22-28)40-37(46)39-29-18-20-33(21-19-29)47-32-12-5-2-6-13-32/h1-22,34-36,45H,23-25H2,(H2,39,40,46). The average Bonchev–Trinajstić information content (AvgIpc) is 3.64. The third-order valence-corrected chi connectivity index (χ3v) is 9.01. The van der Waals surface area contributed by atoms with Gasteiger partial charge in [0.25, 0.3) is 0 Å². The van der Waals surface area contributed by atoms with Crippen LogP contribution < -0.4 is 15.4 Å². The Kier molecular flexibility index (Phi) is 10.4. The fourth-order valence-corrected chi connectivity index (χ4v) is 6.39. The molecule has 3 atom stereocenters. The highest BCUT2D eigenvalue weighted by Gasteiger charge is 2.33. The zero-order valence-corrected chi connectivity index (χ0v) is 27.6. The topological polar surface area (TPSA) is 133 Å². The number of carbonyl (C=O) groups excluding carboxylic acids is 1. The van der Waals surface area contributed by atoms with E-state index in [1.54, 1.807) is 28.9 Å². The van der Waals surface area contributed by atoms with Gasteiger partial charge < -0.3 is 30.0 Å². The Morgan fingerprint density at radius 2 is 1.52 bits per heavy atom. The smallest absolute Gasteiger partial charge is 0.323 e. The quantitative estimate of drug-likeness (QED) is 0.116. The Bertz CT molecular complexity index is 1990. The number of benzene rings is 5. The molecule has 50 heavy (non-hydrogen) atoms. The molecule has 5 aromatic carbocycles. The van der Waals surface area contributed by atoms with Gasteiger partial charge in [-0.15, -0.1) is 5.10 Å². The van der Waals surface area contributed by atoms with Gasteiger partial charge >= 0.3 is 6.03 Å². The van der Waals surface area contributed by atoms with E-state index in [1.165, 1.54) is 11.8 Å². The van der Waals surface area contributed by atoms with Crippen LogP contribution in [-0.2, 0) is 16.1 Å². The Morgan fingerprint density at radius 1 is 0.800 bits per heavy atom. The van der Waals surface area contributed by atoms with Gasteiger partial charge in [0.05, 0.1) is 24.5 Å². The van der Waals surface area contributed by atoms with Crippen LogP contribution in [0.15, 0.2) is 139 Å². The number of aliphatic hydroxyl groups is 1. The molecule has 1 fully saturated rings. The number of nitrogens with zero attached hydrogens (tertiary/aromatic N) is 4. The number of rotatable bonds is 11. The number of para-hydroxylation sites is 2. The molecule has 12 heteroatoms. The lowest BCUT2D eigenvalue weighted by Crippen LogP contribution is -2.31. The number of aliphatic hydroxyl groups excluding tert-OH is 1. The number of hydrogen-bond acceptors (Lipinski definition) is 9. The maximum atomic E-state index is 13.0. The van der Waals surface area contributed by atoms with Crippen molar-refractivity contribution in [2.45, 2.75) is 36.7 Å². The maximum Gasteiger partial charge on any atom is 0.323 e. The lowest BCUT2D eigenvalue weighted by molar-refractivity contribution is -0.245. The van der Waals surface area contributed by atoms with Crippen molar-refractivity contribution in [1.29, 1.82) is 0 Å². The molecule has 2 heterocycles. The molecule has 2 amide bonds. The van der Waals surface area contributed by atoms with E-state index >= 15 is 0 Å². The van der Waals surface area contributed by atoms with Crippen molar-refractivity contribution < 1.29 is 24.1 Å². The van der Waals surface area contributed by atoms with Gasteiger partial charge in [0.1, 0.15) is 11.5 Å². The molecule has 1 aliphatic heterocycles. The number of aromatic nitrogens is 4. The predicted octanol–water partition coefficient (Wildman–Crippen LogP) is 7.93. The summed E-state index contributed by atoms with van der Waals surface area (Å²) in [6.45, 7) is -0.0334. The highest BCUT2D eigenvalue weighted by Crippen LogP contribution is 2.40. The van der Waals surface area contributed by atoms with Crippen LogP contribution in [0.5, 0.6) is 11.5 Å². The Labute approximate surface area is 293 Å². The lowest BCUT2D eigenvalue weighted by Gasteiger charge is -2.36. The summed E-state index contributed by atoms with van der Waals surface area (Å²) in [5.41, 5.74) is 4.63. The summed E-state index contributed by atoms with van der Waals surface area (Å²) in [7, 11) is 0. The monoisotopic (exact) mass is 686 g/mol. The summed E-state index contributed by atoms with van der Waals surface area (Å²) in [6.07, 6.45) is -0.587. The second-order valence-corrected chi connectivity index (χ2v) is 12.5. The molecule has 7 rings (SSSR count). The molecule has 1 saturated heterocycles. The van der Waals surface area contributed by atoms with Gasteiger partial charge in [-0.2, -0.15) is 4.68 Å². The third-order valence-electron chi connectivity index (χ3n) is 7.96. The van der Waals surface area contributed by atoms with E-state index in [9.17, 15) is 9.90 Å². The van der Waals surface area contributed by atoms with E-state index in [-0.39, 0.29) is 18.8 Å². The van der Waals surface area contributed by atoms with Crippen molar-refractivity contribution in [3.8, 4) is 17.2 Å². The summed E-state index contributed by atoms with van der Waals surface area (Å²) < 4.78 is 20.6. The molecule has 6 aromatic rings. The summed E-state index contributed by atoms with van der Waals surface area (Å²) in [6, 6.07) is 41.2. The van der Waals surface area contributed by atoms with Crippen LogP contribution in [0.2, 0.25) is 0 Å². The number of carbonyl (C=O) groups is 1. The molecule has 1 aromatic heterocycles. The molecule has 0 saturated carbocycles. The van der Waals surface area contributed by atoms with Gasteiger partial charge in [0, 0.05) is 29.1 Å². The Balaban J connectivity index is 1.03. The van der Waals surface area contributed by atoms with E-state index in [1.807, 2.05) is 109 Å². The number of anilines is 2.